The first-order valence-corrected chi connectivity index (χ1v) is 6.00. The van der Waals surface area contributed by atoms with Gasteiger partial charge in [-0.15, -0.1) is 0 Å². The summed E-state index contributed by atoms with van der Waals surface area (Å²) in [6, 6.07) is 8.19. The van der Waals surface area contributed by atoms with Crippen LogP contribution in [-0.2, 0) is 6.54 Å². The van der Waals surface area contributed by atoms with Crippen molar-refractivity contribution in [2.75, 3.05) is 12.4 Å². The largest absolute Gasteiger partial charge is 0.340 e. The molecular weight excluding hydrogens is 224 g/mol. The average molecular weight is 242 g/mol. The summed E-state index contributed by atoms with van der Waals surface area (Å²) < 4.78 is 0. The van der Waals surface area contributed by atoms with Crippen molar-refractivity contribution in [1.29, 1.82) is 0 Å². The second kappa shape index (κ2) is 5.60. The third-order valence-corrected chi connectivity index (χ3v) is 2.69. The van der Waals surface area contributed by atoms with Gasteiger partial charge in [-0.2, -0.15) is 0 Å². The molecule has 4 heteroatoms. The van der Waals surface area contributed by atoms with Crippen LogP contribution in [-0.4, -0.2) is 17.0 Å². The second-order valence-electron chi connectivity index (χ2n) is 4.33. The van der Waals surface area contributed by atoms with Gasteiger partial charge in [0.25, 0.3) is 0 Å². The van der Waals surface area contributed by atoms with Crippen LogP contribution in [0.4, 0.5) is 11.5 Å². The lowest BCUT2D eigenvalue weighted by molar-refractivity contribution is 0.759. The number of aryl methyl sites for hydroxylation is 2. The van der Waals surface area contributed by atoms with E-state index in [4.69, 9.17) is 0 Å². The van der Waals surface area contributed by atoms with Crippen LogP contribution in [0, 0.1) is 13.8 Å². The van der Waals surface area contributed by atoms with Crippen LogP contribution in [0.15, 0.2) is 30.5 Å². The molecule has 0 saturated carbocycles. The van der Waals surface area contributed by atoms with Gasteiger partial charge in [0.05, 0.1) is 6.54 Å². The number of nitrogens with one attached hydrogen (secondary N) is 2. The standard InChI is InChI=1S/C14H18N4/c1-10-4-5-12(11(2)8-10)17-13-6-7-16-14(18-13)9-15-3/h4-8,15H,9H2,1-3H3,(H,16,17,18). The van der Waals surface area contributed by atoms with Crippen molar-refractivity contribution in [3.63, 3.8) is 0 Å². The maximum Gasteiger partial charge on any atom is 0.144 e. The minimum atomic E-state index is 0.669. The van der Waals surface area contributed by atoms with Crippen LogP contribution in [0.5, 0.6) is 0 Å². The zero-order valence-electron chi connectivity index (χ0n) is 11.0. The summed E-state index contributed by atoms with van der Waals surface area (Å²) in [6.07, 6.45) is 1.77. The Morgan fingerprint density at radius 2 is 2.00 bits per heavy atom. The Balaban J connectivity index is 2.20. The van der Waals surface area contributed by atoms with Crippen LogP contribution in [0.1, 0.15) is 17.0 Å². The molecule has 1 aromatic heterocycles. The highest BCUT2D eigenvalue weighted by Gasteiger charge is 2.02. The summed E-state index contributed by atoms with van der Waals surface area (Å²) in [4.78, 5) is 8.63. The van der Waals surface area contributed by atoms with Crippen molar-refractivity contribution < 1.29 is 0 Å². The minimum Gasteiger partial charge on any atom is -0.340 e. The molecule has 0 aliphatic heterocycles. The van der Waals surface area contributed by atoms with Crippen LogP contribution in [0.3, 0.4) is 0 Å². The summed E-state index contributed by atoms with van der Waals surface area (Å²) in [5.41, 5.74) is 3.55. The molecule has 2 rings (SSSR count). The Labute approximate surface area is 107 Å². The lowest BCUT2D eigenvalue weighted by Crippen LogP contribution is -2.09. The Hall–Kier alpha value is -1.94. The third kappa shape index (κ3) is 3.05. The van der Waals surface area contributed by atoms with Crippen LogP contribution in [0.2, 0.25) is 0 Å². The minimum absolute atomic E-state index is 0.669. The van der Waals surface area contributed by atoms with E-state index in [-0.39, 0.29) is 0 Å². The van der Waals surface area contributed by atoms with E-state index in [0.29, 0.717) is 6.54 Å². The van der Waals surface area contributed by atoms with Crippen LogP contribution >= 0.6 is 0 Å². The molecule has 0 spiro atoms. The third-order valence-electron chi connectivity index (χ3n) is 2.69. The highest BCUT2D eigenvalue weighted by molar-refractivity contribution is 5.60. The molecular formula is C14H18N4. The van der Waals surface area contributed by atoms with Crippen molar-refractivity contribution in [3.8, 4) is 0 Å². The molecule has 0 aliphatic carbocycles. The van der Waals surface area contributed by atoms with Crippen molar-refractivity contribution in [3.05, 3.63) is 47.4 Å². The molecule has 0 atom stereocenters. The number of aromatic nitrogens is 2. The maximum absolute atomic E-state index is 4.44. The molecule has 94 valence electrons. The zero-order valence-corrected chi connectivity index (χ0v) is 11.0. The van der Waals surface area contributed by atoms with E-state index in [1.807, 2.05) is 13.1 Å². The molecule has 0 bridgehead atoms. The van der Waals surface area contributed by atoms with Gasteiger partial charge in [0, 0.05) is 11.9 Å². The average Bonchev–Trinajstić information content (AvgIpc) is 2.34. The number of hydrogen-bond acceptors (Lipinski definition) is 4. The molecule has 0 fully saturated rings. The van der Waals surface area contributed by atoms with Gasteiger partial charge in [0.15, 0.2) is 0 Å². The van der Waals surface area contributed by atoms with Gasteiger partial charge in [-0.1, -0.05) is 17.7 Å². The van der Waals surface area contributed by atoms with Gasteiger partial charge < -0.3 is 10.6 Å². The van der Waals surface area contributed by atoms with Crippen molar-refractivity contribution in [1.82, 2.24) is 15.3 Å². The lowest BCUT2D eigenvalue weighted by Gasteiger charge is -2.10. The van der Waals surface area contributed by atoms with E-state index in [2.05, 4.69) is 52.6 Å². The Morgan fingerprint density at radius 1 is 1.17 bits per heavy atom. The maximum atomic E-state index is 4.44. The molecule has 0 radical (unpaired) electrons. The molecule has 0 saturated heterocycles. The first-order chi connectivity index (χ1) is 8.69. The molecule has 0 aliphatic rings. The van der Waals surface area contributed by atoms with Crippen LogP contribution < -0.4 is 10.6 Å². The van der Waals surface area contributed by atoms with E-state index in [1.54, 1.807) is 6.20 Å². The predicted molar refractivity (Wildman–Crippen MR) is 74.0 cm³/mol. The van der Waals surface area contributed by atoms with Gasteiger partial charge in [0.1, 0.15) is 11.6 Å². The number of benzene rings is 1. The van der Waals surface area contributed by atoms with E-state index in [0.717, 1.165) is 17.3 Å². The number of hydrogen-bond donors (Lipinski definition) is 2. The smallest absolute Gasteiger partial charge is 0.144 e. The fourth-order valence-electron chi connectivity index (χ4n) is 1.80. The summed E-state index contributed by atoms with van der Waals surface area (Å²) in [5, 5.41) is 6.36. The Bertz CT molecular complexity index is 537. The molecule has 1 heterocycles. The van der Waals surface area contributed by atoms with Crippen LogP contribution in [0.25, 0.3) is 0 Å². The molecule has 1 aromatic carbocycles. The van der Waals surface area contributed by atoms with Gasteiger partial charge in [0.2, 0.25) is 0 Å². The van der Waals surface area contributed by atoms with Gasteiger partial charge >= 0.3 is 0 Å². The normalized spacial score (nSPS) is 10.4. The van der Waals surface area contributed by atoms with Gasteiger partial charge in [-0.25, -0.2) is 9.97 Å². The number of rotatable bonds is 4. The Morgan fingerprint density at radius 3 is 2.72 bits per heavy atom. The first-order valence-electron chi connectivity index (χ1n) is 6.00. The quantitative estimate of drug-likeness (QED) is 0.865. The van der Waals surface area contributed by atoms with E-state index in [1.165, 1.54) is 11.1 Å². The SMILES string of the molecule is CNCc1nccc(Nc2ccc(C)cc2C)n1. The van der Waals surface area contributed by atoms with E-state index >= 15 is 0 Å². The lowest BCUT2D eigenvalue weighted by atomic mass is 10.1. The summed E-state index contributed by atoms with van der Waals surface area (Å²) >= 11 is 0. The molecule has 4 nitrogen and oxygen atoms in total. The summed E-state index contributed by atoms with van der Waals surface area (Å²) in [7, 11) is 1.88. The molecule has 2 aromatic rings. The first kappa shape index (κ1) is 12.5. The zero-order chi connectivity index (χ0) is 13.0. The van der Waals surface area contributed by atoms with Gasteiger partial charge in [-0.05, 0) is 38.6 Å². The summed E-state index contributed by atoms with van der Waals surface area (Å²) in [5.74, 6) is 1.61. The van der Waals surface area contributed by atoms with E-state index in [9.17, 15) is 0 Å². The van der Waals surface area contributed by atoms with Crippen molar-refractivity contribution in [2.45, 2.75) is 20.4 Å². The Kier molecular flexibility index (Phi) is 3.89. The topological polar surface area (TPSA) is 49.8 Å². The highest BCUT2D eigenvalue weighted by atomic mass is 15.0. The molecule has 0 unspecified atom stereocenters. The molecule has 18 heavy (non-hydrogen) atoms. The highest BCUT2D eigenvalue weighted by Crippen LogP contribution is 2.19. The fourth-order valence-corrected chi connectivity index (χ4v) is 1.80. The second-order valence-corrected chi connectivity index (χ2v) is 4.33. The van der Waals surface area contributed by atoms with Gasteiger partial charge in [-0.3, -0.25) is 0 Å². The number of nitrogens with zero attached hydrogens (tertiary/aromatic N) is 2. The predicted octanol–water partition coefficient (Wildman–Crippen LogP) is 2.56. The van der Waals surface area contributed by atoms with Crippen molar-refractivity contribution >= 4 is 11.5 Å². The summed E-state index contributed by atoms with van der Waals surface area (Å²) in [6.45, 7) is 4.85. The molecule has 0 amide bonds. The van der Waals surface area contributed by atoms with E-state index < -0.39 is 0 Å². The fraction of sp³-hybridized carbons (Fsp3) is 0.286. The molecule has 2 N–H and O–H groups in total. The monoisotopic (exact) mass is 242 g/mol. The number of anilines is 2. The van der Waals surface area contributed by atoms with Crippen molar-refractivity contribution in [2.24, 2.45) is 0 Å².